The summed E-state index contributed by atoms with van der Waals surface area (Å²) in [6, 6.07) is 7.83. The second-order valence-corrected chi connectivity index (χ2v) is 6.84. The lowest BCUT2D eigenvalue weighted by Gasteiger charge is -2.24. The molecule has 1 aromatic heterocycles. The summed E-state index contributed by atoms with van der Waals surface area (Å²) in [5.41, 5.74) is 1.97. The molecule has 130 valence electrons. The molecule has 2 amide bonds. The number of aromatic nitrogens is 2. The summed E-state index contributed by atoms with van der Waals surface area (Å²) in [5.74, 6) is -0.171. The molecule has 0 fully saturated rings. The van der Waals surface area contributed by atoms with Crippen LogP contribution in [0.4, 0.5) is 5.69 Å². The number of hydrogen-bond acceptors (Lipinski definition) is 5. The number of carbonyl (C=O) groups excluding carboxylic acids is 2. The molecule has 1 N–H and O–H groups in total. The van der Waals surface area contributed by atoms with Gasteiger partial charge in [0.05, 0.1) is 16.8 Å². The Balaban J connectivity index is 1.70. The number of benzene rings is 1. The van der Waals surface area contributed by atoms with Crippen molar-refractivity contribution in [2.24, 2.45) is 0 Å². The first-order valence-corrected chi connectivity index (χ1v) is 8.76. The number of amides is 2. The number of thioether (sulfide) groups is 1. The second-order valence-electron chi connectivity index (χ2n) is 5.82. The Kier molecular flexibility index (Phi) is 4.89. The van der Waals surface area contributed by atoms with Gasteiger partial charge in [-0.3, -0.25) is 14.4 Å². The molecule has 0 radical (unpaired) electrons. The number of carbonyl (C=O) groups is 2. The minimum atomic E-state index is -0.439. The highest BCUT2D eigenvalue weighted by Crippen LogP contribution is 2.30. The van der Waals surface area contributed by atoms with Gasteiger partial charge >= 0.3 is 0 Å². The lowest BCUT2D eigenvalue weighted by Crippen LogP contribution is -2.40. The molecule has 25 heavy (non-hydrogen) atoms. The highest BCUT2D eigenvalue weighted by molar-refractivity contribution is 8.00. The van der Waals surface area contributed by atoms with Gasteiger partial charge < -0.3 is 10.2 Å². The fourth-order valence-electron chi connectivity index (χ4n) is 2.45. The summed E-state index contributed by atoms with van der Waals surface area (Å²) in [5, 5.41) is 6.81. The number of nitrogens with zero attached hydrogens (tertiary/aromatic N) is 3. The zero-order chi connectivity index (χ0) is 18.0. The number of aryl methyl sites for hydroxylation is 1. The Morgan fingerprint density at radius 2 is 2.00 bits per heavy atom. The van der Waals surface area contributed by atoms with Crippen molar-refractivity contribution in [3.63, 3.8) is 0 Å². The van der Waals surface area contributed by atoms with E-state index in [0.29, 0.717) is 11.4 Å². The van der Waals surface area contributed by atoms with E-state index in [1.165, 1.54) is 22.9 Å². The Morgan fingerprint density at radius 3 is 2.72 bits per heavy atom. The van der Waals surface area contributed by atoms with Crippen LogP contribution in [0.3, 0.4) is 0 Å². The van der Waals surface area contributed by atoms with Gasteiger partial charge in [0.2, 0.25) is 11.8 Å². The maximum atomic E-state index is 12.5. The van der Waals surface area contributed by atoms with Gasteiger partial charge in [-0.2, -0.15) is 5.10 Å². The van der Waals surface area contributed by atoms with E-state index in [0.717, 1.165) is 15.8 Å². The molecular formula is C17H18N4O3S. The molecule has 0 atom stereocenters. The van der Waals surface area contributed by atoms with Gasteiger partial charge in [-0.05, 0) is 12.5 Å². The van der Waals surface area contributed by atoms with Gasteiger partial charge in [0.25, 0.3) is 5.56 Å². The quantitative estimate of drug-likeness (QED) is 0.879. The Morgan fingerprint density at radius 1 is 1.28 bits per heavy atom. The van der Waals surface area contributed by atoms with Gasteiger partial charge in [-0.15, -0.1) is 11.8 Å². The van der Waals surface area contributed by atoms with Crippen molar-refractivity contribution in [3.8, 4) is 0 Å². The summed E-state index contributed by atoms with van der Waals surface area (Å²) in [6.45, 7) is 2.19. The number of hydrogen-bond donors (Lipinski definition) is 1. The summed E-state index contributed by atoms with van der Waals surface area (Å²) in [7, 11) is 1.56. The van der Waals surface area contributed by atoms with Crippen molar-refractivity contribution in [1.82, 2.24) is 15.1 Å². The van der Waals surface area contributed by atoms with Crippen molar-refractivity contribution in [1.29, 1.82) is 0 Å². The largest absolute Gasteiger partial charge is 0.350 e. The predicted octanol–water partition coefficient (Wildman–Crippen LogP) is 0.937. The van der Waals surface area contributed by atoms with Crippen molar-refractivity contribution >= 4 is 29.3 Å². The van der Waals surface area contributed by atoms with E-state index in [2.05, 4.69) is 10.4 Å². The number of anilines is 1. The molecular weight excluding hydrogens is 340 g/mol. The topological polar surface area (TPSA) is 84.3 Å². The van der Waals surface area contributed by atoms with E-state index < -0.39 is 5.56 Å². The average molecular weight is 358 g/mol. The third-order valence-corrected chi connectivity index (χ3v) is 4.95. The Labute approximate surface area is 149 Å². The van der Waals surface area contributed by atoms with Crippen LogP contribution >= 0.6 is 11.8 Å². The third-order valence-electron chi connectivity index (χ3n) is 3.95. The molecule has 3 rings (SSSR count). The average Bonchev–Trinajstić information content (AvgIpc) is 2.60. The van der Waals surface area contributed by atoms with E-state index in [-0.39, 0.29) is 29.8 Å². The van der Waals surface area contributed by atoms with E-state index in [9.17, 15) is 14.4 Å². The maximum Gasteiger partial charge on any atom is 0.292 e. The van der Waals surface area contributed by atoms with Crippen LogP contribution in [-0.4, -0.2) is 34.4 Å². The molecule has 0 spiro atoms. The van der Waals surface area contributed by atoms with Gasteiger partial charge in [0.15, 0.2) is 0 Å². The Hall–Kier alpha value is -2.61. The van der Waals surface area contributed by atoms with Crippen LogP contribution in [0, 0.1) is 6.92 Å². The molecule has 0 bridgehead atoms. The van der Waals surface area contributed by atoms with Crippen LogP contribution in [0.1, 0.15) is 11.1 Å². The van der Waals surface area contributed by atoms with Crippen LogP contribution in [0.2, 0.25) is 0 Å². The van der Waals surface area contributed by atoms with Crippen LogP contribution in [0.15, 0.2) is 40.2 Å². The first kappa shape index (κ1) is 17.2. The molecule has 2 aromatic rings. The molecule has 8 heteroatoms. The molecule has 0 unspecified atom stereocenters. The minimum absolute atomic E-state index is 0.142. The first-order chi connectivity index (χ1) is 12.0. The normalized spacial score (nSPS) is 13.5. The number of nitrogens with one attached hydrogen (secondary N) is 1. The van der Waals surface area contributed by atoms with Gasteiger partial charge in [-0.25, -0.2) is 4.68 Å². The fraction of sp³-hybridized carbons (Fsp3) is 0.294. The van der Waals surface area contributed by atoms with Gasteiger partial charge in [-0.1, -0.05) is 29.8 Å². The molecule has 1 aromatic carbocycles. The summed E-state index contributed by atoms with van der Waals surface area (Å²) >= 11 is 1.28. The molecule has 1 aliphatic heterocycles. The van der Waals surface area contributed by atoms with Gasteiger partial charge in [0, 0.05) is 13.6 Å². The molecule has 1 aliphatic rings. The summed E-state index contributed by atoms with van der Waals surface area (Å²) in [4.78, 5) is 38.4. The van der Waals surface area contributed by atoms with E-state index in [1.54, 1.807) is 7.05 Å². The molecule has 0 saturated carbocycles. The van der Waals surface area contributed by atoms with Gasteiger partial charge in [0.1, 0.15) is 12.2 Å². The van der Waals surface area contributed by atoms with Crippen molar-refractivity contribution in [2.45, 2.75) is 24.9 Å². The van der Waals surface area contributed by atoms with Crippen molar-refractivity contribution < 1.29 is 9.59 Å². The lowest BCUT2D eigenvalue weighted by atomic mass is 10.1. The van der Waals surface area contributed by atoms with E-state index >= 15 is 0 Å². The SMILES string of the molecule is Cc1ccc(CNC(=O)Cn2ncc3c(c2=O)N(C)C(=O)CS3)cc1. The third kappa shape index (κ3) is 3.74. The van der Waals surface area contributed by atoms with Crippen molar-refractivity contribution in [2.75, 3.05) is 17.7 Å². The zero-order valence-electron chi connectivity index (χ0n) is 14.0. The molecule has 2 heterocycles. The second kappa shape index (κ2) is 7.10. The van der Waals surface area contributed by atoms with E-state index in [4.69, 9.17) is 0 Å². The van der Waals surface area contributed by atoms with Crippen molar-refractivity contribution in [3.05, 3.63) is 51.9 Å². The molecule has 0 aliphatic carbocycles. The van der Waals surface area contributed by atoms with Crippen LogP contribution in [0.5, 0.6) is 0 Å². The predicted molar refractivity (Wildman–Crippen MR) is 95.7 cm³/mol. The van der Waals surface area contributed by atoms with Crippen LogP contribution in [-0.2, 0) is 22.7 Å². The molecule has 0 saturated heterocycles. The maximum absolute atomic E-state index is 12.5. The van der Waals surface area contributed by atoms with Crippen LogP contribution in [0.25, 0.3) is 0 Å². The monoisotopic (exact) mass is 358 g/mol. The summed E-state index contributed by atoms with van der Waals surface area (Å²) in [6.07, 6.45) is 1.53. The lowest BCUT2D eigenvalue weighted by molar-refractivity contribution is -0.122. The highest BCUT2D eigenvalue weighted by Gasteiger charge is 2.26. The standard InChI is InChI=1S/C17H18N4O3S/c1-11-3-5-12(6-4-11)7-18-14(22)9-21-17(24)16-13(8-19-21)25-10-15(23)20(16)2/h3-6,8H,7,9-10H2,1-2H3,(H,18,22). The first-order valence-electron chi connectivity index (χ1n) is 7.77. The smallest absolute Gasteiger partial charge is 0.292 e. The summed E-state index contributed by atoms with van der Waals surface area (Å²) < 4.78 is 1.08. The number of fused-ring (bicyclic) bond motifs is 1. The fourth-order valence-corrected chi connectivity index (χ4v) is 3.41. The highest BCUT2D eigenvalue weighted by atomic mass is 32.2. The Bertz CT molecular complexity index is 876. The van der Waals surface area contributed by atoms with Crippen LogP contribution < -0.4 is 15.8 Å². The van der Waals surface area contributed by atoms with E-state index in [1.807, 2.05) is 31.2 Å². The number of rotatable bonds is 4. The minimum Gasteiger partial charge on any atom is -0.350 e. The zero-order valence-corrected chi connectivity index (χ0v) is 14.8. The molecule has 7 nitrogen and oxygen atoms in total.